The van der Waals surface area contributed by atoms with E-state index in [1.165, 1.54) is 15.4 Å². The number of hydrogen-bond acceptors (Lipinski definition) is 6. The molecule has 0 amide bonds. The lowest BCUT2D eigenvalue weighted by molar-refractivity contribution is -0.134. The Hall–Kier alpha value is -2.36. The highest BCUT2D eigenvalue weighted by atomic mass is 35.5. The van der Waals surface area contributed by atoms with Crippen molar-refractivity contribution in [1.82, 2.24) is 9.80 Å². The fraction of sp³-hybridized carbons (Fsp3) is 0.333. The van der Waals surface area contributed by atoms with Crippen molar-refractivity contribution >= 4 is 35.3 Å². The highest BCUT2D eigenvalue weighted by Crippen LogP contribution is 2.36. The number of hydrogen-bond donors (Lipinski definition) is 3. The minimum atomic E-state index is -1.26. The van der Waals surface area contributed by atoms with Crippen molar-refractivity contribution < 1.29 is 24.9 Å². The van der Waals surface area contributed by atoms with E-state index in [1.54, 1.807) is 11.8 Å². The number of aliphatic hydroxyl groups excluding tert-OH is 1. The number of piperazine rings is 1. The first-order valence-corrected chi connectivity index (χ1v) is 11.7. The molecule has 1 unspecified atom stereocenters. The first kappa shape index (κ1) is 26.9. The number of halogens is 1. The van der Waals surface area contributed by atoms with Crippen molar-refractivity contribution in [2.45, 2.75) is 22.8 Å². The first-order chi connectivity index (χ1) is 15.8. The molecule has 2 aromatic carbocycles. The smallest absolute Gasteiger partial charge is 0.328 e. The standard InChI is InChI=1S/C20H25ClN2OS.C4H4O4/c1-16(23-11-9-22(10-12-23)13-14-24)19-15-17(21)7-8-20(19)25-18-5-3-2-4-6-18;5-3(6)1-2-4(7)8/h2-8,15-16,24H,9-14H2,1H3;1-2H,(H,5,6)(H,7,8)/b;2-1-. The Morgan fingerprint density at radius 1 is 1.03 bits per heavy atom. The summed E-state index contributed by atoms with van der Waals surface area (Å²) >= 11 is 8.10. The van der Waals surface area contributed by atoms with Gasteiger partial charge < -0.3 is 15.3 Å². The van der Waals surface area contributed by atoms with Gasteiger partial charge in [0.25, 0.3) is 0 Å². The molecule has 3 N–H and O–H groups in total. The molecule has 1 fully saturated rings. The molecular weight excluding hydrogens is 464 g/mol. The quantitative estimate of drug-likeness (QED) is 0.477. The lowest BCUT2D eigenvalue weighted by Crippen LogP contribution is -2.47. The van der Waals surface area contributed by atoms with Gasteiger partial charge in [0.05, 0.1) is 6.61 Å². The van der Waals surface area contributed by atoms with Crippen molar-refractivity contribution in [3.8, 4) is 0 Å². The molecule has 33 heavy (non-hydrogen) atoms. The zero-order valence-electron chi connectivity index (χ0n) is 18.4. The van der Waals surface area contributed by atoms with E-state index in [9.17, 15) is 9.59 Å². The molecule has 1 heterocycles. The van der Waals surface area contributed by atoms with E-state index in [-0.39, 0.29) is 6.61 Å². The third kappa shape index (κ3) is 9.57. The average Bonchev–Trinajstić information content (AvgIpc) is 2.80. The minimum Gasteiger partial charge on any atom is -0.478 e. The topological polar surface area (TPSA) is 101 Å². The molecule has 7 nitrogen and oxygen atoms in total. The van der Waals surface area contributed by atoms with Gasteiger partial charge in [-0.3, -0.25) is 9.80 Å². The maximum atomic E-state index is 9.55. The highest BCUT2D eigenvalue weighted by molar-refractivity contribution is 7.99. The van der Waals surface area contributed by atoms with Crippen LogP contribution < -0.4 is 0 Å². The molecule has 2 aromatic rings. The van der Waals surface area contributed by atoms with Crippen molar-refractivity contribution in [3.63, 3.8) is 0 Å². The summed E-state index contributed by atoms with van der Waals surface area (Å²) < 4.78 is 0. The number of carbonyl (C=O) groups is 2. The van der Waals surface area contributed by atoms with Crippen molar-refractivity contribution in [2.24, 2.45) is 0 Å². The van der Waals surface area contributed by atoms with Crippen molar-refractivity contribution in [1.29, 1.82) is 0 Å². The number of benzene rings is 2. The van der Waals surface area contributed by atoms with Crippen LogP contribution in [0.5, 0.6) is 0 Å². The number of carboxylic acid groups (broad SMARTS) is 2. The molecular formula is C24H29ClN2O5S. The van der Waals surface area contributed by atoms with E-state index in [4.69, 9.17) is 26.9 Å². The molecule has 1 atom stereocenters. The van der Waals surface area contributed by atoms with Crippen LogP contribution in [0.4, 0.5) is 0 Å². The number of nitrogens with zero attached hydrogens (tertiary/aromatic N) is 2. The zero-order valence-corrected chi connectivity index (χ0v) is 20.0. The summed E-state index contributed by atoms with van der Waals surface area (Å²) in [6, 6.07) is 17.0. The first-order valence-electron chi connectivity index (χ1n) is 10.5. The Morgan fingerprint density at radius 2 is 1.64 bits per heavy atom. The van der Waals surface area contributed by atoms with Gasteiger partial charge in [0.2, 0.25) is 0 Å². The van der Waals surface area contributed by atoms with Gasteiger partial charge in [-0.15, -0.1) is 0 Å². The fourth-order valence-electron chi connectivity index (χ4n) is 3.41. The van der Waals surface area contributed by atoms with Crippen molar-refractivity contribution in [2.75, 3.05) is 39.3 Å². The van der Waals surface area contributed by atoms with Crippen LogP contribution in [0, 0.1) is 0 Å². The third-order valence-electron chi connectivity index (χ3n) is 5.13. The summed E-state index contributed by atoms with van der Waals surface area (Å²) in [6.45, 7) is 7.32. The summed E-state index contributed by atoms with van der Waals surface area (Å²) in [7, 11) is 0. The molecule has 1 aliphatic heterocycles. The van der Waals surface area contributed by atoms with Gasteiger partial charge in [-0.2, -0.15) is 0 Å². The molecule has 0 aromatic heterocycles. The van der Waals surface area contributed by atoms with Gasteiger partial charge in [0.15, 0.2) is 0 Å². The Balaban J connectivity index is 0.000000414. The van der Waals surface area contributed by atoms with Gasteiger partial charge in [-0.1, -0.05) is 41.6 Å². The average molecular weight is 493 g/mol. The van der Waals surface area contributed by atoms with Gasteiger partial charge in [0, 0.05) is 65.7 Å². The highest BCUT2D eigenvalue weighted by Gasteiger charge is 2.23. The summed E-state index contributed by atoms with van der Waals surface area (Å²) in [5.74, 6) is -2.51. The van der Waals surface area contributed by atoms with Crippen LogP contribution in [0.1, 0.15) is 18.5 Å². The second-order valence-electron chi connectivity index (χ2n) is 7.38. The van der Waals surface area contributed by atoms with E-state index >= 15 is 0 Å². The van der Waals surface area contributed by atoms with Crippen LogP contribution in [0.3, 0.4) is 0 Å². The molecule has 1 saturated heterocycles. The van der Waals surface area contributed by atoms with Gasteiger partial charge in [-0.25, -0.2) is 9.59 Å². The largest absolute Gasteiger partial charge is 0.478 e. The van der Waals surface area contributed by atoms with Crippen LogP contribution in [0.2, 0.25) is 5.02 Å². The SMILES string of the molecule is CC(c1cc(Cl)ccc1Sc1ccccc1)N1CCN(CCO)CC1.O=C(O)/C=C\C(=O)O. The predicted octanol–water partition coefficient (Wildman–Crippen LogP) is 3.87. The van der Waals surface area contributed by atoms with Crippen LogP contribution in [-0.2, 0) is 9.59 Å². The van der Waals surface area contributed by atoms with E-state index in [0.29, 0.717) is 18.2 Å². The predicted molar refractivity (Wildman–Crippen MR) is 130 cm³/mol. The molecule has 0 saturated carbocycles. The van der Waals surface area contributed by atoms with E-state index in [1.807, 2.05) is 12.1 Å². The van der Waals surface area contributed by atoms with Gasteiger partial charge in [0.1, 0.15) is 0 Å². The number of β-amino-alcohol motifs (C(OH)–C–C–N with tert-alkyl or cyclic N) is 1. The number of aliphatic hydroxyl groups is 1. The summed E-state index contributed by atoms with van der Waals surface area (Å²) in [5, 5.41) is 25.5. The van der Waals surface area contributed by atoms with E-state index in [0.717, 1.165) is 37.7 Å². The summed E-state index contributed by atoms with van der Waals surface area (Å²) in [5.41, 5.74) is 1.29. The lowest BCUT2D eigenvalue weighted by atomic mass is 10.1. The number of carboxylic acids is 2. The second-order valence-corrected chi connectivity index (χ2v) is 8.94. The maximum Gasteiger partial charge on any atom is 0.328 e. The minimum absolute atomic E-state index is 0.238. The Morgan fingerprint density at radius 3 is 2.18 bits per heavy atom. The number of aliphatic carboxylic acids is 2. The molecule has 0 bridgehead atoms. The van der Waals surface area contributed by atoms with Gasteiger partial charge in [-0.05, 0) is 42.8 Å². The molecule has 0 aliphatic carbocycles. The summed E-state index contributed by atoms with van der Waals surface area (Å²) in [6.07, 6.45) is 1.12. The molecule has 3 rings (SSSR count). The molecule has 9 heteroatoms. The molecule has 0 spiro atoms. The Labute approximate surface area is 203 Å². The molecule has 0 radical (unpaired) electrons. The van der Waals surface area contributed by atoms with Crippen LogP contribution in [0.25, 0.3) is 0 Å². The molecule has 1 aliphatic rings. The van der Waals surface area contributed by atoms with Crippen LogP contribution in [0.15, 0.2) is 70.5 Å². The Kier molecular flexibility index (Phi) is 11.4. The van der Waals surface area contributed by atoms with Crippen LogP contribution in [-0.4, -0.2) is 76.4 Å². The van der Waals surface area contributed by atoms with E-state index < -0.39 is 11.9 Å². The lowest BCUT2D eigenvalue weighted by Gasteiger charge is -2.38. The maximum absolute atomic E-state index is 9.55. The third-order valence-corrected chi connectivity index (χ3v) is 6.47. The number of rotatable bonds is 8. The van der Waals surface area contributed by atoms with Gasteiger partial charge >= 0.3 is 11.9 Å². The van der Waals surface area contributed by atoms with Crippen molar-refractivity contribution in [3.05, 3.63) is 71.3 Å². The molecule has 178 valence electrons. The van der Waals surface area contributed by atoms with Crippen LogP contribution >= 0.6 is 23.4 Å². The normalized spacial score (nSPS) is 15.6. The monoisotopic (exact) mass is 492 g/mol. The van der Waals surface area contributed by atoms with E-state index in [2.05, 4.69) is 53.1 Å². The fourth-order valence-corrected chi connectivity index (χ4v) is 4.62. The Bertz CT molecular complexity index is 918. The zero-order chi connectivity index (χ0) is 24.2. The summed E-state index contributed by atoms with van der Waals surface area (Å²) in [4.78, 5) is 26.4. The second kappa shape index (κ2) is 14.0.